The molecule has 2 aliphatic heterocycles. The van der Waals surface area contributed by atoms with E-state index in [2.05, 4.69) is 73.5 Å². The van der Waals surface area contributed by atoms with Gasteiger partial charge in [-0.05, 0) is 72.4 Å². The second kappa shape index (κ2) is 13.4. The van der Waals surface area contributed by atoms with E-state index in [1.807, 2.05) is 11.9 Å². The van der Waals surface area contributed by atoms with Gasteiger partial charge in [0, 0.05) is 83.0 Å². The summed E-state index contributed by atoms with van der Waals surface area (Å²) in [6.45, 7) is 9.24. The number of hydrogen-bond acceptors (Lipinski definition) is 8. The number of anilines is 4. The molecule has 0 aliphatic carbocycles. The summed E-state index contributed by atoms with van der Waals surface area (Å²) < 4.78 is 6.19. The maximum atomic E-state index is 12.6. The number of amides is 1. The summed E-state index contributed by atoms with van der Waals surface area (Å²) in [6, 6.07) is 6.60. The van der Waals surface area contributed by atoms with Gasteiger partial charge in [-0.2, -0.15) is 4.98 Å². The van der Waals surface area contributed by atoms with Gasteiger partial charge in [-0.3, -0.25) is 4.79 Å². The molecule has 9 nitrogen and oxygen atoms in total. The van der Waals surface area contributed by atoms with Gasteiger partial charge in [0.1, 0.15) is 5.82 Å². The van der Waals surface area contributed by atoms with Crippen LogP contribution in [0.2, 0.25) is 0 Å². The van der Waals surface area contributed by atoms with Crippen LogP contribution in [0.15, 0.2) is 28.9 Å². The van der Waals surface area contributed by atoms with Crippen molar-refractivity contribution in [3.8, 4) is 0 Å². The van der Waals surface area contributed by atoms with Gasteiger partial charge < -0.3 is 30.1 Å². The lowest BCUT2D eigenvalue weighted by Crippen LogP contribution is -2.44. The predicted octanol–water partition coefficient (Wildman–Crippen LogP) is 3.98. The van der Waals surface area contributed by atoms with E-state index in [1.165, 1.54) is 11.3 Å². The van der Waals surface area contributed by atoms with Crippen LogP contribution < -0.4 is 15.5 Å². The van der Waals surface area contributed by atoms with Crippen LogP contribution in [-0.2, 0) is 16.0 Å². The number of hydrogen-bond donors (Lipinski definition) is 2. The summed E-state index contributed by atoms with van der Waals surface area (Å²) in [5.41, 5.74) is 3.55. The first-order chi connectivity index (χ1) is 17.9. The van der Waals surface area contributed by atoms with Crippen molar-refractivity contribution in [2.75, 3.05) is 82.1 Å². The fraction of sp³-hybridized carbons (Fsp3) is 0.593. The van der Waals surface area contributed by atoms with Gasteiger partial charge >= 0.3 is 0 Å². The normalized spacial score (nSPS) is 17.0. The van der Waals surface area contributed by atoms with Crippen LogP contribution in [0, 0.1) is 5.92 Å². The molecule has 0 saturated carbocycles. The van der Waals surface area contributed by atoms with Crippen molar-refractivity contribution in [1.82, 2.24) is 19.8 Å². The summed E-state index contributed by atoms with van der Waals surface area (Å²) in [6.07, 6.45) is 5.17. The highest BCUT2D eigenvalue weighted by molar-refractivity contribution is 9.10. The molecule has 2 N–H and O–H groups in total. The molecule has 0 unspecified atom stereocenters. The summed E-state index contributed by atoms with van der Waals surface area (Å²) in [5, 5.41) is 6.81. The van der Waals surface area contributed by atoms with E-state index in [-0.39, 0.29) is 11.8 Å². The summed E-state index contributed by atoms with van der Waals surface area (Å²) >= 11 is 3.56. The lowest BCUT2D eigenvalue weighted by Gasteiger charge is -2.34. The third-order valence-electron chi connectivity index (χ3n) is 7.24. The fourth-order valence-electron chi connectivity index (χ4n) is 4.82. The summed E-state index contributed by atoms with van der Waals surface area (Å²) in [4.78, 5) is 28.5. The highest BCUT2D eigenvalue weighted by Gasteiger charge is 2.24. The Morgan fingerprint density at radius 1 is 1.22 bits per heavy atom. The number of carbonyl (C=O) groups excluding carboxylic acids is 1. The zero-order valence-corrected chi connectivity index (χ0v) is 23.9. The van der Waals surface area contributed by atoms with Crippen LogP contribution in [0.5, 0.6) is 0 Å². The number of ether oxygens (including phenoxy) is 1. The monoisotopic (exact) mass is 573 g/mol. The number of carbonyl (C=O) groups is 1. The first-order valence-corrected chi connectivity index (χ1v) is 14.2. The molecule has 1 aromatic carbocycles. The molecule has 0 atom stereocenters. The minimum atomic E-state index is 0.0972. The average Bonchev–Trinajstić information content (AvgIpc) is 2.93. The van der Waals surface area contributed by atoms with Crippen molar-refractivity contribution < 1.29 is 9.53 Å². The van der Waals surface area contributed by atoms with Crippen molar-refractivity contribution in [2.45, 2.75) is 32.6 Å². The molecule has 0 spiro atoms. The number of likely N-dealkylation sites (N-methyl/N-ethyl adjacent to an activating group) is 1. The van der Waals surface area contributed by atoms with E-state index >= 15 is 0 Å². The summed E-state index contributed by atoms with van der Waals surface area (Å²) in [5.74, 6) is 1.62. The standard InChI is InChI=1S/C27H40BrN7O2/c1-4-20-18-22(35-14-12-33(2)13-15-35)6-7-24(20)31-27-30-19-23(28)25(32-27)29-10-5-11-34(3)26(36)21-8-16-37-17-9-21/h6-7,18-19,21H,4-5,8-17H2,1-3H3,(H2,29,30,31,32). The van der Waals surface area contributed by atoms with E-state index in [4.69, 9.17) is 9.72 Å². The zero-order valence-electron chi connectivity index (χ0n) is 22.3. The Balaban J connectivity index is 1.31. The molecule has 37 heavy (non-hydrogen) atoms. The molecule has 2 saturated heterocycles. The van der Waals surface area contributed by atoms with Gasteiger partial charge in [0.2, 0.25) is 11.9 Å². The van der Waals surface area contributed by atoms with E-state index in [0.29, 0.717) is 32.3 Å². The second-order valence-electron chi connectivity index (χ2n) is 9.93. The van der Waals surface area contributed by atoms with E-state index < -0.39 is 0 Å². The molecule has 0 radical (unpaired) electrons. The SMILES string of the molecule is CCc1cc(N2CCN(C)CC2)ccc1Nc1ncc(Br)c(NCCCN(C)C(=O)C2CCOCC2)n1. The Labute approximate surface area is 229 Å². The molecule has 2 fully saturated rings. The fourth-order valence-corrected chi connectivity index (χ4v) is 5.15. The first kappa shape index (κ1) is 27.6. The molecular weight excluding hydrogens is 534 g/mol. The van der Waals surface area contributed by atoms with Crippen molar-refractivity contribution in [2.24, 2.45) is 5.92 Å². The van der Waals surface area contributed by atoms with E-state index in [9.17, 15) is 4.79 Å². The van der Waals surface area contributed by atoms with Crippen LogP contribution in [0.3, 0.4) is 0 Å². The number of nitrogens with one attached hydrogen (secondary N) is 2. The van der Waals surface area contributed by atoms with Crippen molar-refractivity contribution in [3.63, 3.8) is 0 Å². The number of aromatic nitrogens is 2. The van der Waals surface area contributed by atoms with E-state index in [1.54, 1.807) is 6.20 Å². The van der Waals surface area contributed by atoms with Gasteiger partial charge in [0.05, 0.1) is 4.47 Å². The molecule has 202 valence electrons. The smallest absolute Gasteiger partial charge is 0.229 e. The molecule has 10 heteroatoms. The molecule has 2 aliphatic rings. The highest BCUT2D eigenvalue weighted by Crippen LogP contribution is 2.28. The van der Waals surface area contributed by atoms with Gasteiger partial charge in [-0.25, -0.2) is 4.98 Å². The van der Waals surface area contributed by atoms with Gasteiger partial charge in [-0.1, -0.05) is 6.92 Å². The Bertz CT molecular complexity index is 1040. The third kappa shape index (κ3) is 7.55. The number of aryl methyl sites for hydroxylation is 1. The molecule has 4 rings (SSSR count). The van der Waals surface area contributed by atoms with Gasteiger partial charge in [0.15, 0.2) is 0 Å². The lowest BCUT2D eigenvalue weighted by molar-refractivity contribution is -0.137. The second-order valence-corrected chi connectivity index (χ2v) is 10.8. The Hall–Kier alpha value is -2.43. The number of piperazine rings is 1. The van der Waals surface area contributed by atoms with Crippen LogP contribution in [0.25, 0.3) is 0 Å². The number of halogens is 1. The first-order valence-electron chi connectivity index (χ1n) is 13.4. The molecule has 0 bridgehead atoms. The minimum Gasteiger partial charge on any atom is -0.381 e. The Morgan fingerprint density at radius 2 is 1.97 bits per heavy atom. The lowest BCUT2D eigenvalue weighted by atomic mass is 9.99. The molecule has 1 amide bonds. The van der Waals surface area contributed by atoms with Crippen LogP contribution in [-0.4, -0.2) is 92.3 Å². The molecule has 3 heterocycles. The van der Waals surface area contributed by atoms with Crippen LogP contribution in [0.1, 0.15) is 31.7 Å². The maximum Gasteiger partial charge on any atom is 0.229 e. The van der Waals surface area contributed by atoms with Crippen LogP contribution in [0.4, 0.5) is 23.1 Å². The summed E-state index contributed by atoms with van der Waals surface area (Å²) in [7, 11) is 4.07. The van der Waals surface area contributed by atoms with Gasteiger partial charge in [0.25, 0.3) is 0 Å². The number of rotatable bonds is 10. The quantitative estimate of drug-likeness (QED) is 0.413. The van der Waals surface area contributed by atoms with Crippen molar-refractivity contribution in [3.05, 3.63) is 34.4 Å². The Morgan fingerprint density at radius 3 is 2.70 bits per heavy atom. The highest BCUT2D eigenvalue weighted by atomic mass is 79.9. The molecular formula is C27H40BrN7O2. The Kier molecular flexibility index (Phi) is 9.99. The minimum absolute atomic E-state index is 0.0972. The number of benzene rings is 1. The van der Waals surface area contributed by atoms with Crippen molar-refractivity contribution in [1.29, 1.82) is 0 Å². The topological polar surface area (TPSA) is 85.9 Å². The zero-order chi connectivity index (χ0) is 26.2. The van der Waals surface area contributed by atoms with Crippen LogP contribution >= 0.6 is 15.9 Å². The maximum absolute atomic E-state index is 12.6. The largest absolute Gasteiger partial charge is 0.381 e. The number of nitrogens with zero attached hydrogens (tertiary/aromatic N) is 5. The molecule has 1 aromatic heterocycles. The van der Waals surface area contributed by atoms with Crippen molar-refractivity contribution >= 4 is 45.0 Å². The third-order valence-corrected chi connectivity index (χ3v) is 7.82. The van der Waals surface area contributed by atoms with Gasteiger partial charge in [-0.15, -0.1) is 0 Å². The average molecular weight is 575 g/mol. The molecule has 2 aromatic rings. The van der Waals surface area contributed by atoms with E-state index in [0.717, 1.165) is 67.8 Å². The predicted molar refractivity (Wildman–Crippen MR) is 153 cm³/mol.